The SMILES string of the molecule is CC(CC(CN)C(=O)O)c1cc(Cl)c(Cl)c(Cl)c1Cl. The number of aliphatic carboxylic acids is 1. The van der Waals surface area contributed by atoms with Gasteiger partial charge in [-0.25, -0.2) is 0 Å². The summed E-state index contributed by atoms with van der Waals surface area (Å²) in [6.07, 6.45) is 0.347. The van der Waals surface area contributed by atoms with Crippen molar-refractivity contribution >= 4 is 52.4 Å². The molecule has 0 heterocycles. The lowest BCUT2D eigenvalue weighted by Gasteiger charge is -2.19. The monoisotopic (exact) mass is 343 g/mol. The summed E-state index contributed by atoms with van der Waals surface area (Å²) in [6, 6.07) is 1.61. The van der Waals surface area contributed by atoms with Gasteiger partial charge in [-0.3, -0.25) is 4.79 Å². The quantitative estimate of drug-likeness (QED) is 0.612. The van der Waals surface area contributed by atoms with E-state index in [1.54, 1.807) is 6.07 Å². The molecule has 1 rings (SSSR count). The van der Waals surface area contributed by atoms with E-state index in [1.165, 1.54) is 0 Å². The van der Waals surface area contributed by atoms with Crippen LogP contribution in [0.4, 0.5) is 0 Å². The molecule has 0 saturated heterocycles. The molecule has 0 radical (unpaired) electrons. The van der Waals surface area contributed by atoms with Crippen molar-refractivity contribution in [3.05, 3.63) is 31.7 Å². The van der Waals surface area contributed by atoms with Crippen LogP contribution in [-0.2, 0) is 4.79 Å². The highest BCUT2D eigenvalue weighted by molar-refractivity contribution is 6.52. The van der Waals surface area contributed by atoms with Crippen molar-refractivity contribution in [2.75, 3.05) is 6.54 Å². The zero-order valence-corrected chi connectivity index (χ0v) is 13.1. The van der Waals surface area contributed by atoms with Gasteiger partial charge in [0.2, 0.25) is 0 Å². The van der Waals surface area contributed by atoms with Crippen molar-refractivity contribution in [2.45, 2.75) is 19.3 Å². The summed E-state index contributed by atoms with van der Waals surface area (Å²) >= 11 is 23.9. The second-order valence-electron chi connectivity index (χ2n) is 4.30. The Morgan fingerprint density at radius 3 is 2.32 bits per heavy atom. The van der Waals surface area contributed by atoms with Gasteiger partial charge in [-0.05, 0) is 24.0 Å². The number of benzene rings is 1. The second-order valence-corrected chi connectivity index (χ2v) is 5.84. The fourth-order valence-electron chi connectivity index (χ4n) is 1.80. The average molecular weight is 345 g/mol. The summed E-state index contributed by atoms with van der Waals surface area (Å²) in [5, 5.41) is 9.96. The van der Waals surface area contributed by atoms with Gasteiger partial charge >= 0.3 is 5.97 Å². The van der Waals surface area contributed by atoms with Crippen molar-refractivity contribution in [3.63, 3.8) is 0 Å². The summed E-state index contributed by atoms with van der Waals surface area (Å²) in [7, 11) is 0. The Morgan fingerprint density at radius 2 is 1.84 bits per heavy atom. The van der Waals surface area contributed by atoms with E-state index in [4.69, 9.17) is 57.2 Å². The Labute approximate surface area is 131 Å². The van der Waals surface area contributed by atoms with Gasteiger partial charge in [0.05, 0.1) is 26.0 Å². The van der Waals surface area contributed by atoms with E-state index in [2.05, 4.69) is 0 Å². The van der Waals surface area contributed by atoms with Gasteiger partial charge in [-0.2, -0.15) is 0 Å². The minimum absolute atomic E-state index is 0.0619. The minimum Gasteiger partial charge on any atom is -0.481 e. The smallest absolute Gasteiger partial charge is 0.307 e. The Bertz CT molecular complexity index is 493. The number of halogens is 4. The van der Waals surface area contributed by atoms with Gasteiger partial charge in [-0.15, -0.1) is 0 Å². The molecule has 0 fully saturated rings. The van der Waals surface area contributed by atoms with Gasteiger partial charge in [0.15, 0.2) is 0 Å². The van der Waals surface area contributed by atoms with Crippen LogP contribution in [0, 0.1) is 5.92 Å². The Balaban J connectivity index is 3.07. The van der Waals surface area contributed by atoms with Crippen molar-refractivity contribution in [2.24, 2.45) is 11.7 Å². The molecule has 0 aliphatic carbocycles. The summed E-state index contributed by atoms with van der Waals surface area (Å²) in [4.78, 5) is 11.0. The minimum atomic E-state index is -0.934. The number of carboxylic acid groups (broad SMARTS) is 1. The van der Waals surface area contributed by atoms with Gasteiger partial charge in [0.25, 0.3) is 0 Å². The first kappa shape index (κ1) is 16.9. The van der Waals surface area contributed by atoms with Crippen LogP contribution in [0.2, 0.25) is 20.1 Å². The molecular weight excluding hydrogens is 332 g/mol. The number of carboxylic acids is 1. The topological polar surface area (TPSA) is 63.3 Å². The van der Waals surface area contributed by atoms with E-state index >= 15 is 0 Å². The molecule has 1 aromatic rings. The zero-order valence-electron chi connectivity index (χ0n) is 10.1. The maximum Gasteiger partial charge on any atom is 0.307 e. The predicted octanol–water partition coefficient (Wildman–Crippen LogP) is 4.45. The fourth-order valence-corrected chi connectivity index (χ4v) is 2.81. The third-order valence-electron chi connectivity index (χ3n) is 2.93. The van der Waals surface area contributed by atoms with Crippen molar-refractivity contribution < 1.29 is 9.90 Å². The lowest BCUT2D eigenvalue weighted by atomic mass is 9.90. The van der Waals surface area contributed by atoms with Crippen molar-refractivity contribution in [1.29, 1.82) is 0 Å². The molecule has 0 bridgehead atoms. The van der Waals surface area contributed by atoms with Crippen LogP contribution in [0.3, 0.4) is 0 Å². The number of hydrogen-bond acceptors (Lipinski definition) is 2. The molecule has 3 nitrogen and oxygen atoms in total. The highest BCUT2D eigenvalue weighted by Gasteiger charge is 2.23. The van der Waals surface area contributed by atoms with Crippen LogP contribution < -0.4 is 5.73 Å². The molecule has 106 valence electrons. The lowest BCUT2D eigenvalue weighted by molar-refractivity contribution is -0.141. The number of hydrogen-bond donors (Lipinski definition) is 2. The number of nitrogens with two attached hydrogens (primary N) is 1. The van der Waals surface area contributed by atoms with Crippen LogP contribution >= 0.6 is 46.4 Å². The number of carbonyl (C=O) groups is 1. The van der Waals surface area contributed by atoms with Crippen molar-refractivity contribution in [3.8, 4) is 0 Å². The van der Waals surface area contributed by atoms with Gasteiger partial charge < -0.3 is 10.8 Å². The number of rotatable bonds is 5. The molecule has 2 atom stereocenters. The van der Waals surface area contributed by atoms with Crippen LogP contribution in [0.25, 0.3) is 0 Å². The highest BCUT2D eigenvalue weighted by Crippen LogP contribution is 2.41. The summed E-state index contributed by atoms with van der Waals surface area (Å²) < 4.78 is 0. The Morgan fingerprint density at radius 1 is 1.26 bits per heavy atom. The first-order valence-electron chi connectivity index (χ1n) is 5.55. The Hall–Kier alpha value is -0.190. The van der Waals surface area contributed by atoms with Gasteiger partial charge in [-0.1, -0.05) is 53.3 Å². The molecule has 0 aromatic heterocycles. The largest absolute Gasteiger partial charge is 0.481 e. The molecule has 0 aliphatic rings. The third kappa shape index (κ3) is 3.89. The molecule has 19 heavy (non-hydrogen) atoms. The Kier molecular flexibility index (Phi) is 6.21. The van der Waals surface area contributed by atoms with Crippen LogP contribution in [0.15, 0.2) is 6.07 Å². The van der Waals surface area contributed by atoms with Gasteiger partial charge in [0.1, 0.15) is 0 Å². The normalized spacial score (nSPS) is 14.2. The van der Waals surface area contributed by atoms with E-state index in [9.17, 15) is 4.79 Å². The fraction of sp³-hybridized carbons (Fsp3) is 0.417. The summed E-state index contributed by atoms with van der Waals surface area (Å²) in [6.45, 7) is 1.90. The molecule has 0 aliphatic heterocycles. The predicted molar refractivity (Wildman–Crippen MR) is 79.7 cm³/mol. The van der Waals surface area contributed by atoms with E-state index in [1.807, 2.05) is 6.92 Å². The standard InChI is InChI=1S/C12H13Cl4NO2/c1-5(2-6(4-17)12(18)19)7-3-8(13)10(15)11(16)9(7)14/h3,5-6H,2,4,17H2,1H3,(H,18,19). The molecular formula is C12H13Cl4NO2. The highest BCUT2D eigenvalue weighted by atomic mass is 35.5. The molecule has 0 saturated carbocycles. The summed E-state index contributed by atoms with van der Waals surface area (Å²) in [5.74, 6) is -1.72. The second kappa shape index (κ2) is 7.00. The average Bonchev–Trinajstić information content (AvgIpc) is 2.36. The van der Waals surface area contributed by atoms with Crippen LogP contribution in [0.1, 0.15) is 24.8 Å². The molecule has 0 spiro atoms. The first-order valence-corrected chi connectivity index (χ1v) is 7.06. The molecule has 2 unspecified atom stereocenters. The maximum absolute atomic E-state index is 11.0. The van der Waals surface area contributed by atoms with Crippen molar-refractivity contribution in [1.82, 2.24) is 0 Å². The van der Waals surface area contributed by atoms with E-state index in [0.717, 1.165) is 0 Å². The lowest BCUT2D eigenvalue weighted by Crippen LogP contribution is -2.24. The van der Waals surface area contributed by atoms with E-state index < -0.39 is 11.9 Å². The molecule has 3 N–H and O–H groups in total. The first-order chi connectivity index (χ1) is 8.79. The zero-order chi connectivity index (χ0) is 14.7. The van der Waals surface area contributed by atoms with Gasteiger partial charge in [0, 0.05) is 6.54 Å². The maximum atomic E-state index is 11.0. The van der Waals surface area contributed by atoms with Crippen LogP contribution in [0.5, 0.6) is 0 Å². The van der Waals surface area contributed by atoms with E-state index in [-0.39, 0.29) is 27.5 Å². The molecule has 7 heteroatoms. The molecule has 1 aromatic carbocycles. The summed E-state index contributed by atoms with van der Waals surface area (Å²) in [5.41, 5.74) is 6.10. The van der Waals surface area contributed by atoms with Crippen LogP contribution in [-0.4, -0.2) is 17.6 Å². The van der Waals surface area contributed by atoms with E-state index in [0.29, 0.717) is 17.0 Å². The third-order valence-corrected chi connectivity index (χ3v) is 4.70. The molecule has 0 amide bonds.